The number of nitriles is 1. The molecule has 1 atom stereocenters. The van der Waals surface area contributed by atoms with E-state index < -0.39 is 11.5 Å². The molecule has 1 aliphatic rings. The highest BCUT2D eigenvalue weighted by Gasteiger charge is 2.47. The number of nitrogens with zero attached hydrogens (tertiary/aromatic N) is 2. The van der Waals surface area contributed by atoms with Gasteiger partial charge >= 0.3 is 5.97 Å². The topological polar surface area (TPSA) is 64.3 Å². The van der Waals surface area contributed by atoms with Crippen LogP contribution in [-0.4, -0.2) is 23.2 Å². The molecule has 0 spiro atoms. The highest BCUT2D eigenvalue weighted by Crippen LogP contribution is 2.41. The minimum Gasteiger partial charge on any atom is -0.479 e. The van der Waals surface area contributed by atoms with Gasteiger partial charge in [-0.15, -0.1) is 0 Å². The Hall–Kier alpha value is -1.54. The van der Waals surface area contributed by atoms with Crippen LogP contribution in [0.25, 0.3) is 0 Å². The standard InChI is InChI=1S/C15H17BrN2O2/c1-2-6-15(14(19)20)7-3-8-18(15)13-5-4-11(10-17)9-12(13)16/h4-5,9H,2-3,6-8H2,1H3,(H,19,20). The molecule has 1 aromatic rings. The average molecular weight is 337 g/mol. The largest absolute Gasteiger partial charge is 0.479 e. The van der Waals surface area contributed by atoms with Gasteiger partial charge in [0.2, 0.25) is 0 Å². The van der Waals surface area contributed by atoms with Crippen molar-refractivity contribution in [1.82, 2.24) is 0 Å². The molecular weight excluding hydrogens is 320 g/mol. The van der Waals surface area contributed by atoms with Gasteiger partial charge in [0.05, 0.1) is 17.3 Å². The summed E-state index contributed by atoms with van der Waals surface area (Å²) in [6.07, 6.45) is 3.01. The molecule has 4 nitrogen and oxygen atoms in total. The summed E-state index contributed by atoms with van der Waals surface area (Å²) in [6, 6.07) is 7.40. The molecule has 1 aliphatic heterocycles. The Kier molecular flexibility index (Phi) is 4.34. The first kappa shape index (κ1) is 14.9. The van der Waals surface area contributed by atoms with Crippen molar-refractivity contribution >= 4 is 27.6 Å². The monoisotopic (exact) mass is 336 g/mol. The molecule has 1 aromatic carbocycles. The van der Waals surface area contributed by atoms with Gasteiger partial charge in [-0.05, 0) is 53.4 Å². The van der Waals surface area contributed by atoms with E-state index in [0.29, 0.717) is 18.4 Å². The van der Waals surface area contributed by atoms with Gasteiger partial charge in [-0.2, -0.15) is 5.26 Å². The molecule has 20 heavy (non-hydrogen) atoms. The Morgan fingerprint density at radius 1 is 1.60 bits per heavy atom. The van der Waals surface area contributed by atoms with Crippen LogP contribution < -0.4 is 4.90 Å². The number of anilines is 1. The zero-order valence-electron chi connectivity index (χ0n) is 11.4. The van der Waals surface area contributed by atoms with Crippen molar-refractivity contribution < 1.29 is 9.90 Å². The van der Waals surface area contributed by atoms with Crippen LogP contribution in [0.15, 0.2) is 22.7 Å². The maximum atomic E-state index is 11.8. The van der Waals surface area contributed by atoms with E-state index in [4.69, 9.17) is 5.26 Å². The Balaban J connectivity index is 2.45. The fraction of sp³-hybridized carbons (Fsp3) is 0.467. The molecule has 0 aliphatic carbocycles. The molecule has 0 saturated carbocycles. The van der Waals surface area contributed by atoms with Gasteiger partial charge in [0.25, 0.3) is 0 Å². The van der Waals surface area contributed by atoms with Gasteiger partial charge in [0.15, 0.2) is 0 Å². The predicted octanol–water partition coefficient (Wildman–Crippen LogP) is 3.54. The minimum atomic E-state index is -0.814. The summed E-state index contributed by atoms with van der Waals surface area (Å²) in [5.41, 5.74) is 0.611. The van der Waals surface area contributed by atoms with E-state index in [2.05, 4.69) is 22.0 Å². The molecule has 106 valence electrons. The van der Waals surface area contributed by atoms with Crippen LogP contribution in [0.2, 0.25) is 0 Å². The number of carboxylic acid groups (broad SMARTS) is 1. The first-order chi connectivity index (χ1) is 9.55. The normalized spacial score (nSPS) is 21.8. The fourth-order valence-electron chi connectivity index (χ4n) is 3.03. The van der Waals surface area contributed by atoms with Crippen molar-refractivity contribution in [1.29, 1.82) is 5.26 Å². The molecular formula is C15H17BrN2O2. The van der Waals surface area contributed by atoms with Gasteiger partial charge in [0.1, 0.15) is 5.54 Å². The minimum absolute atomic E-state index is 0.566. The SMILES string of the molecule is CCCC1(C(=O)O)CCCN1c1ccc(C#N)cc1Br. The van der Waals surface area contributed by atoms with Crippen molar-refractivity contribution in [2.75, 3.05) is 11.4 Å². The summed E-state index contributed by atoms with van der Waals surface area (Å²) >= 11 is 3.46. The van der Waals surface area contributed by atoms with Gasteiger partial charge in [-0.25, -0.2) is 4.79 Å². The molecule has 1 N–H and O–H groups in total. The third-order valence-electron chi connectivity index (χ3n) is 3.92. The summed E-state index contributed by atoms with van der Waals surface area (Å²) in [5, 5.41) is 18.6. The second-order valence-electron chi connectivity index (χ2n) is 5.12. The molecule has 0 aromatic heterocycles. The molecule has 0 bridgehead atoms. The van der Waals surface area contributed by atoms with Gasteiger partial charge < -0.3 is 10.0 Å². The number of halogens is 1. The lowest BCUT2D eigenvalue weighted by Gasteiger charge is -2.37. The summed E-state index contributed by atoms with van der Waals surface area (Å²) in [7, 11) is 0. The van der Waals surface area contributed by atoms with Crippen LogP contribution in [0.1, 0.15) is 38.2 Å². The van der Waals surface area contributed by atoms with Crippen molar-refractivity contribution in [3.63, 3.8) is 0 Å². The number of hydrogen-bond acceptors (Lipinski definition) is 3. The van der Waals surface area contributed by atoms with Crippen LogP contribution in [0.4, 0.5) is 5.69 Å². The summed E-state index contributed by atoms with van der Waals surface area (Å²) < 4.78 is 0.778. The number of carbonyl (C=O) groups is 1. The van der Waals surface area contributed by atoms with Crippen molar-refractivity contribution in [2.24, 2.45) is 0 Å². The smallest absolute Gasteiger partial charge is 0.329 e. The van der Waals surface area contributed by atoms with Crippen molar-refractivity contribution in [3.8, 4) is 6.07 Å². The molecule has 1 unspecified atom stereocenters. The lowest BCUT2D eigenvalue weighted by atomic mass is 9.90. The first-order valence-corrected chi connectivity index (χ1v) is 7.55. The van der Waals surface area contributed by atoms with E-state index in [0.717, 1.165) is 29.5 Å². The fourth-order valence-corrected chi connectivity index (χ4v) is 3.62. The Morgan fingerprint density at radius 2 is 2.35 bits per heavy atom. The van der Waals surface area contributed by atoms with Crippen LogP contribution in [0, 0.1) is 11.3 Å². The summed E-state index contributed by atoms with van der Waals surface area (Å²) in [4.78, 5) is 13.8. The van der Waals surface area contributed by atoms with E-state index in [1.54, 1.807) is 12.1 Å². The second kappa shape index (κ2) is 5.84. The highest BCUT2D eigenvalue weighted by atomic mass is 79.9. The van der Waals surface area contributed by atoms with E-state index in [1.807, 2.05) is 17.9 Å². The van der Waals surface area contributed by atoms with Gasteiger partial charge in [0, 0.05) is 11.0 Å². The van der Waals surface area contributed by atoms with E-state index in [-0.39, 0.29) is 0 Å². The van der Waals surface area contributed by atoms with Crippen LogP contribution >= 0.6 is 15.9 Å². The predicted molar refractivity (Wildman–Crippen MR) is 80.7 cm³/mol. The first-order valence-electron chi connectivity index (χ1n) is 6.76. The van der Waals surface area contributed by atoms with E-state index >= 15 is 0 Å². The van der Waals surface area contributed by atoms with E-state index in [1.165, 1.54) is 0 Å². The Morgan fingerprint density at radius 3 is 2.90 bits per heavy atom. The van der Waals surface area contributed by atoms with E-state index in [9.17, 15) is 9.90 Å². The number of rotatable bonds is 4. The Bertz CT molecular complexity index is 567. The lowest BCUT2D eigenvalue weighted by molar-refractivity contribution is -0.143. The highest BCUT2D eigenvalue weighted by molar-refractivity contribution is 9.10. The van der Waals surface area contributed by atoms with Crippen LogP contribution in [-0.2, 0) is 4.79 Å². The molecule has 0 radical (unpaired) electrons. The molecule has 1 heterocycles. The Labute approximate surface area is 127 Å². The summed E-state index contributed by atoms with van der Waals surface area (Å²) in [6.45, 7) is 2.74. The lowest BCUT2D eigenvalue weighted by Crippen LogP contribution is -2.50. The molecule has 1 saturated heterocycles. The average Bonchev–Trinajstić information content (AvgIpc) is 2.84. The van der Waals surface area contributed by atoms with Gasteiger partial charge in [-0.3, -0.25) is 0 Å². The maximum absolute atomic E-state index is 11.8. The third kappa shape index (κ3) is 2.40. The van der Waals surface area contributed by atoms with Gasteiger partial charge in [-0.1, -0.05) is 13.3 Å². The number of hydrogen-bond donors (Lipinski definition) is 1. The molecule has 0 amide bonds. The zero-order valence-corrected chi connectivity index (χ0v) is 13.0. The van der Waals surface area contributed by atoms with Crippen LogP contribution in [0.3, 0.4) is 0 Å². The summed E-state index contributed by atoms with van der Waals surface area (Å²) in [5.74, 6) is -0.756. The maximum Gasteiger partial charge on any atom is 0.329 e. The molecule has 5 heteroatoms. The third-order valence-corrected chi connectivity index (χ3v) is 4.55. The number of carboxylic acids is 1. The number of benzene rings is 1. The van der Waals surface area contributed by atoms with Crippen molar-refractivity contribution in [3.05, 3.63) is 28.2 Å². The van der Waals surface area contributed by atoms with Crippen LogP contribution in [0.5, 0.6) is 0 Å². The zero-order chi connectivity index (χ0) is 14.8. The second-order valence-corrected chi connectivity index (χ2v) is 5.97. The van der Waals surface area contributed by atoms with Crippen molar-refractivity contribution in [2.45, 2.75) is 38.1 Å². The quantitative estimate of drug-likeness (QED) is 0.913. The number of aliphatic carboxylic acids is 1. The molecule has 2 rings (SSSR count). The molecule has 1 fully saturated rings.